The van der Waals surface area contributed by atoms with Crippen molar-refractivity contribution in [3.05, 3.63) is 65.6 Å². The summed E-state index contributed by atoms with van der Waals surface area (Å²) in [6, 6.07) is 13.6. The molecule has 39 heavy (non-hydrogen) atoms. The highest BCUT2D eigenvalue weighted by atomic mass is 16.5. The summed E-state index contributed by atoms with van der Waals surface area (Å²) >= 11 is 0. The Kier molecular flexibility index (Phi) is 5.98. The van der Waals surface area contributed by atoms with E-state index in [1.165, 1.54) is 16.7 Å². The number of ether oxygens (including phenoxy) is 1. The number of aryl methyl sites for hydroxylation is 1. The first-order valence-electron chi connectivity index (χ1n) is 13.9. The van der Waals surface area contributed by atoms with Crippen LogP contribution >= 0.6 is 0 Å². The van der Waals surface area contributed by atoms with Crippen molar-refractivity contribution in [3.8, 4) is 6.07 Å². The average Bonchev–Trinajstić information content (AvgIpc) is 3.71. The van der Waals surface area contributed by atoms with Gasteiger partial charge in [-0.15, -0.1) is 5.10 Å². The van der Waals surface area contributed by atoms with Crippen molar-refractivity contribution in [2.75, 3.05) is 43.1 Å². The van der Waals surface area contributed by atoms with Crippen molar-refractivity contribution in [2.24, 2.45) is 0 Å². The zero-order chi connectivity index (χ0) is 26.4. The van der Waals surface area contributed by atoms with E-state index in [-0.39, 0.29) is 5.54 Å². The van der Waals surface area contributed by atoms with E-state index in [0.717, 1.165) is 62.6 Å². The van der Waals surface area contributed by atoms with E-state index in [1.54, 1.807) is 0 Å². The van der Waals surface area contributed by atoms with E-state index < -0.39 is 0 Å². The summed E-state index contributed by atoms with van der Waals surface area (Å²) in [7, 11) is 0. The van der Waals surface area contributed by atoms with Crippen LogP contribution in [0.4, 0.5) is 17.3 Å². The third-order valence-electron chi connectivity index (χ3n) is 8.52. The Morgan fingerprint density at radius 3 is 2.95 bits per heavy atom. The Morgan fingerprint density at radius 1 is 1.23 bits per heavy atom. The minimum atomic E-state index is -0.320. The normalized spacial score (nSPS) is 20.5. The molecule has 7 rings (SSSR count). The molecule has 1 atom stereocenters. The number of nitrogens with one attached hydrogen (secondary N) is 1. The zero-order valence-corrected chi connectivity index (χ0v) is 22.3. The highest BCUT2D eigenvalue weighted by molar-refractivity contribution is 5.72. The third kappa shape index (κ3) is 4.32. The maximum Gasteiger partial charge on any atom is 0.247 e. The maximum atomic E-state index is 9.55. The summed E-state index contributed by atoms with van der Waals surface area (Å²) in [6.07, 6.45) is 9.43. The van der Waals surface area contributed by atoms with Crippen molar-refractivity contribution in [3.63, 3.8) is 0 Å². The first-order valence-corrected chi connectivity index (χ1v) is 13.9. The van der Waals surface area contributed by atoms with Crippen molar-refractivity contribution >= 4 is 23.0 Å². The summed E-state index contributed by atoms with van der Waals surface area (Å²) in [5.74, 6) is 0.575. The van der Waals surface area contributed by atoms with E-state index in [9.17, 15) is 5.26 Å². The molecular weight excluding hydrogens is 490 g/mol. The number of pyridine rings is 1. The fourth-order valence-corrected chi connectivity index (χ4v) is 6.22. The van der Waals surface area contributed by atoms with Gasteiger partial charge in [-0.3, -0.25) is 9.58 Å². The predicted molar refractivity (Wildman–Crippen MR) is 148 cm³/mol. The van der Waals surface area contributed by atoms with E-state index in [0.29, 0.717) is 31.5 Å². The Hall–Kier alpha value is -3.94. The molecule has 2 saturated heterocycles. The molecule has 0 unspecified atom stereocenters. The minimum Gasteiger partial charge on any atom is -0.380 e. The summed E-state index contributed by atoms with van der Waals surface area (Å²) in [5, 5.41) is 22.3. The Morgan fingerprint density at radius 2 is 2.15 bits per heavy atom. The summed E-state index contributed by atoms with van der Waals surface area (Å²) in [6.45, 7) is 7.32. The van der Waals surface area contributed by atoms with Crippen LogP contribution in [0.15, 0.2) is 48.9 Å². The molecule has 1 aromatic carbocycles. The van der Waals surface area contributed by atoms with Gasteiger partial charge in [-0.25, -0.2) is 4.52 Å². The monoisotopic (exact) mass is 523 g/mol. The van der Waals surface area contributed by atoms with Crippen LogP contribution in [0.2, 0.25) is 0 Å². The molecule has 0 amide bonds. The molecule has 0 spiro atoms. The van der Waals surface area contributed by atoms with Gasteiger partial charge in [-0.05, 0) is 60.2 Å². The molecular formula is C29H33N9O. The Labute approximate surface area is 227 Å². The Balaban J connectivity index is 1.08. The van der Waals surface area contributed by atoms with Crippen LogP contribution in [0.25, 0.3) is 5.65 Å². The number of aromatic nitrogens is 5. The quantitative estimate of drug-likeness (QED) is 0.393. The second kappa shape index (κ2) is 9.67. The van der Waals surface area contributed by atoms with Crippen LogP contribution in [0.3, 0.4) is 0 Å². The van der Waals surface area contributed by atoms with E-state index in [4.69, 9.17) is 14.8 Å². The maximum absolute atomic E-state index is 9.55. The Bertz CT molecular complexity index is 1540. The second-order valence-electron chi connectivity index (χ2n) is 11.0. The molecule has 1 N–H and O–H groups in total. The summed E-state index contributed by atoms with van der Waals surface area (Å²) < 4.78 is 9.41. The molecule has 6 heterocycles. The molecule has 3 aliphatic heterocycles. The van der Waals surface area contributed by atoms with Crippen molar-refractivity contribution < 1.29 is 4.74 Å². The molecule has 4 aromatic rings. The SMILES string of the molecule is CCc1cnn(C2(CC#N)CN(c3cccn4nc(Nc5ccc6c(c5)CCN([C@H]5CCOC5)C6)nc34)C2)c1. The zero-order valence-electron chi connectivity index (χ0n) is 22.3. The first-order chi connectivity index (χ1) is 19.1. The lowest BCUT2D eigenvalue weighted by molar-refractivity contribution is 0.135. The molecule has 200 valence electrons. The van der Waals surface area contributed by atoms with Crippen LogP contribution < -0.4 is 10.2 Å². The first kappa shape index (κ1) is 24.1. The van der Waals surface area contributed by atoms with Crippen LogP contribution in [-0.4, -0.2) is 68.2 Å². The number of rotatable bonds is 7. The van der Waals surface area contributed by atoms with Gasteiger partial charge in [0.2, 0.25) is 5.95 Å². The lowest BCUT2D eigenvalue weighted by Crippen LogP contribution is -2.63. The molecule has 0 radical (unpaired) electrons. The molecule has 3 aromatic heterocycles. The van der Waals surface area contributed by atoms with Gasteiger partial charge in [0.05, 0.1) is 31.0 Å². The molecule has 2 fully saturated rings. The third-order valence-corrected chi connectivity index (χ3v) is 8.52. The van der Waals surface area contributed by atoms with E-state index >= 15 is 0 Å². The topological polar surface area (TPSA) is 99.5 Å². The van der Waals surface area contributed by atoms with Crippen LogP contribution in [0, 0.1) is 11.3 Å². The average molecular weight is 524 g/mol. The molecule has 0 bridgehead atoms. The van der Waals surface area contributed by atoms with Crippen molar-refractivity contribution in [1.29, 1.82) is 5.26 Å². The number of fused-ring (bicyclic) bond motifs is 2. The van der Waals surface area contributed by atoms with Gasteiger partial charge in [-0.2, -0.15) is 15.3 Å². The largest absolute Gasteiger partial charge is 0.380 e. The van der Waals surface area contributed by atoms with Gasteiger partial charge < -0.3 is 15.0 Å². The fraction of sp³-hybridized carbons (Fsp3) is 0.448. The van der Waals surface area contributed by atoms with Gasteiger partial charge in [0, 0.05) is 56.9 Å². The standard InChI is InChI=1S/C29H33N9O/c1-2-21-15-31-38(16-21)29(9-10-30)19-36(20-29)26-4-3-11-37-27(26)33-28(34-37)32-24-6-5-23-17-35(12-7-22(23)14-24)25-8-13-39-18-25/h3-6,11,14-16,25H,2,7-9,12-13,17-20H2,1H3,(H,32,34)/t25-/m0/s1. The fourth-order valence-electron chi connectivity index (χ4n) is 6.22. The number of anilines is 3. The summed E-state index contributed by atoms with van der Waals surface area (Å²) in [5.41, 5.74) is 6.46. The highest BCUT2D eigenvalue weighted by Crippen LogP contribution is 2.37. The van der Waals surface area contributed by atoms with Crippen LogP contribution in [0.5, 0.6) is 0 Å². The molecule has 10 heteroatoms. The van der Waals surface area contributed by atoms with Crippen molar-refractivity contribution in [1.82, 2.24) is 29.3 Å². The number of benzene rings is 1. The minimum absolute atomic E-state index is 0.320. The highest BCUT2D eigenvalue weighted by Gasteiger charge is 2.46. The molecule has 0 aliphatic carbocycles. The van der Waals surface area contributed by atoms with Gasteiger partial charge in [0.15, 0.2) is 5.65 Å². The van der Waals surface area contributed by atoms with Crippen LogP contribution in [0.1, 0.15) is 36.5 Å². The van der Waals surface area contributed by atoms with Gasteiger partial charge in [-0.1, -0.05) is 13.0 Å². The predicted octanol–water partition coefficient (Wildman–Crippen LogP) is 3.51. The second-order valence-corrected chi connectivity index (χ2v) is 11.0. The molecule has 3 aliphatic rings. The van der Waals surface area contributed by atoms with Gasteiger partial charge in [0.1, 0.15) is 5.54 Å². The molecule has 0 saturated carbocycles. The molecule has 10 nitrogen and oxygen atoms in total. The van der Waals surface area contributed by atoms with Gasteiger partial charge in [0.25, 0.3) is 0 Å². The van der Waals surface area contributed by atoms with Crippen molar-refractivity contribution in [2.45, 2.75) is 50.7 Å². The van der Waals surface area contributed by atoms with Gasteiger partial charge >= 0.3 is 0 Å². The number of nitrogens with zero attached hydrogens (tertiary/aromatic N) is 8. The summed E-state index contributed by atoms with van der Waals surface area (Å²) in [4.78, 5) is 9.68. The number of hydrogen-bond donors (Lipinski definition) is 1. The lowest BCUT2D eigenvalue weighted by Gasteiger charge is -2.50. The number of nitriles is 1. The van der Waals surface area contributed by atoms with Crippen LogP contribution in [-0.2, 0) is 29.7 Å². The van der Waals surface area contributed by atoms with E-state index in [2.05, 4.69) is 63.7 Å². The lowest BCUT2D eigenvalue weighted by atomic mass is 9.86. The van der Waals surface area contributed by atoms with E-state index in [1.807, 2.05) is 27.7 Å². The number of hydrogen-bond acceptors (Lipinski definition) is 8. The smallest absolute Gasteiger partial charge is 0.247 e.